The van der Waals surface area contributed by atoms with Crippen molar-refractivity contribution < 1.29 is 18.3 Å². The molecule has 0 fully saturated rings. The molecule has 1 aromatic carbocycles. The molecule has 0 spiro atoms. The van der Waals surface area contributed by atoms with E-state index in [1.54, 1.807) is 26.8 Å². The highest BCUT2D eigenvalue weighted by molar-refractivity contribution is 7.89. The number of nitrogen functional groups attached to an aromatic ring is 1. The number of benzene rings is 1. The molecule has 0 aromatic heterocycles. The number of nitrogens with one attached hydrogen (secondary N) is 1. The molecular weight excluding hydrogens is 280 g/mol. The Bertz CT molecular complexity index is 582. The van der Waals surface area contributed by atoms with Crippen LogP contribution in [0.25, 0.3) is 0 Å². The van der Waals surface area contributed by atoms with E-state index < -0.39 is 15.6 Å². The summed E-state index contributed by atoms with van der Waals surface area (Å²) in [5.41, 5.74) is 6.14. The summed E-state index contributed by atoms with van der Waals surface area (Å²) in [5, 5.41) is 8.97. The van der Waals surface area contributed by atoms with E-state index in [1.807, 2.05) is 0 Å². The molecule has 114 valence electrons. The van der Waals surface area contributed by atoms with Gasteiger partial charge in [-0.2, -0.15) is 0 Å². The van der Waals surface area contributed by atoms with E-state index >= 15 is 0 Å². The van der Waals surface area contributed by atoms with Crippen molar-refractivity contribution in [2.24, 2.45) is 0 Å². The maximum absolute atomic E-state index is 12.4. The molecule has 0 saturated carbocycles. The van der Waals surface area contributed by atoms with E-state index in [-0.39, 0.29) is 17.3 Å². The Morgan fingerprint density at radius 1 is 1.40 bits per heavy atom. The number of rotatable bonds is 6. The first-order chi connectivity index (χ1) is 9.13. The zero-order valence-electron chi connectivity index (χ0n) is 12.2. The van der Waals surface area contributed by atoms with Gasteiger partial charge in [-0.3, -0.25) is 0 Å². The molecule has 0 atom stereocenters. The maximum Gasteiger partial charge on any atom is 0.244 e. The monoisotopic (exact) mass is 302 g/mol. The molecule has 4 N–H and O–H groups in total. The van der Waals surface area contributed by atoms with Gasteiger partial charge in [-0.15, -0.1) is 0 Å². The molecule has 0 unspecified atom stereocenters. The van der Waals surface area contributed by atoms with Gasteiger partial charge in [0, 0.05) is 17.8 Å². The summed E-state index contributed by atoms with van der Waals surface area (Å²) in [6.45, 7) is 5.07. The van der Waals surface area contributed by atoms with Crippen LogP contribution in [-0.2, 0) is 10.0 Å². The summed E-state index contributed by atoms with van der Waals surface area (Å²) in [7, 11) is -2.38. The molecule has 0 heterocycles. The van der Waals surface area contributed by atoms with Gasteiger partial charge in [0.25, 0.3) is 0 Å². The number of aliphatic hydroxyl groups is 1. The fraction of sp³-hybridized carbons (Fsp3) is 0.538. The molecule has 0 radical (unpaired) electrons. The van der Waals surface area contributed by atoms with Crippen molar-refractivity contribution in [3.63, 3.8) is 0 Å². The Morgan fingerprint density at radius 3 is 2.50 bits per heavy atom. The number of methoxy groups -OCH3 is 1. The summed E-state index contributed by atoms with van der Waals surface area (Å²) in [6, 6.07) is 2.97. The number of hydrogen-bond acceptors (Lipinski definition) is 5. The van der Waals surface area contributed by atoms with Crippen molar-refractivity contribution in [3.8, 4) is 5.75 Å². The van der Waals surface area contributed by atoms with Gasteiger partial charge in [0.05, 0.1) is 7.11 Å². The Morgan fingerprint density at radius 2 is 2.00 bits per heavy atom. The Kier molecular flexibility index (Phi) is 5.01. The SMILES string of the molecule is COc1cc(C)c(N)cc1S(=O)(=O)NC(C)(C)CCO. The van der Waals surface area contributed by atoms with Gasteiger partial charge in [0.1, 0.15) is 10.6 Å². The molecular formula is C13H22N2O4S. The molecule has 0 aliphatic rings. The van der Waals surface area contributed by atoms with Gasteiger partial charge in [-0.05, 0) is 44.9 Å². The normalized spacial score (nSPS) is 12.4. The smallest absolute Gasteiger partial charge is 0.244 e. The highest BCUT2D eigenvalue weighted by Crippen LogP contribution is 2.29. The van der Waals surface area contributed by atoms with E-state index in [0.717, 1.165) is 5.56 Å². The first kappa shape index (κ1) is 16.7. The van der Waals surface area contributed by atoms with E-state index in [9.17, 15) is 8.42 Å². The van der Waals surface area contributed by atoms with Crippen molar-refractivity contribution in [1.29, 1.82) is 0 Å². The van der Waals surface area contributed by atoms with Gasteiger partial charge in [-0.25, -0.2) is 13.1 Å². The number of hydrogen-bond donors (Lipinski definition) is 3. The van der Waals surface area contributed by atoms with Crippen LogP contribution in [-0.4, -0.2) is 32.8 Å². The Labute approximate surface area is 120 Å². The second kappa shape index (κ2) is 5.99. The van der Waals surface area contributed by atoms with Gasteiger partial charge in [0.2, 0.25) is 10.0 Å². The van der Waals surface area contributed by atoms with Crippen LogP contribution >= 0.6 is 0 Å². The molecule has 20 heavy (non-hydrogen) atoms. The Balaban J connectivity index is 3.25. The molecule has 1 rings (SSSR count). The summed E-state index contributed by atoms with van der Waals surface area (Å²) >= 11 is 0. The van der Waals surface area contributed by atoms with Crippen LogP contribution in [0.2, 0.25) is 0 Å². The lowest BCUT2D eigenvalue weighted by molar-refractivity contribution is 0.245. The number of aliphatic hydroxyl groups excluding tert-OH is 1. The molecule has 0 aliphatic carbocycles. The third kappa shape index (κ3) is 3.84. The number of anilines is 1. The highest BCUT2D eigenvalue weighted by Gasteiger charge is 2.28. The van der Waals surface area contributed by atoms with Crippen LogP contribution in [0.4, 0.5) is 5.69 Å². The van der Waals surface area contributed by atoms with Crippen LogP contribution in [0, 0.1) is 6.92 Å². The fourth-order valence-electron chi connectivity index (χ4n) is 1.80. The summed E-state index contributed by atoms with van der Waals surface area (Å²) in [4.78, 5) is -0.00545. The van der Waals surface area contributed by atoms with Crippen LogP contribution in [0.3, 0.4) is 0 Å². The topological polar surface area (TPSA) is 102 Å². The number of aryl methyl sites for hydroxylation is 1. The zero-order valence-corrected chi connectivity index (χ0v) is 13.0. The van der Waals surface area contributed by atoms with Crippen LogP contribution in [0.1, 0.15) is 25.8 Å². The minimum absolute atomic E-state index is 0.00545. The highest BCUT2D eigenvalue weighted by atomic mass is 32.2. The summed E-state index contributed by atoms with van der Waals surface area (Å²) in [5.74, 6) is 0.240. The molecule has 6 nitrogen and oxygen atoms in total. The third-order valence-electron chi connectivity index (χ3n) is 2.99. The minimum atomic E-state index is -3.79. The lowest BCUT2D eigenvalue weighted by Gasteiger charge is -2.25. The standard InChI is InChI=1S/C13H22N2O4S/c1-9-7-11(19-4)12(8-10(9)14)20(17,18)15-13(2,3)5-6-16/h7-8,15-16H,5-6,14H2,1-4H3. The van der Waals surface area contributed by atoms with Gasteiger partial charge in [0.15, 0.2) is 0 Å². The maximum atomic E-state index is 12.4. The van der Waals surface area contributed by atoms with Crippen molar-refractivity contribution in [3.05, 3.63) is 17.7 Å². The molecule has 0 saturated heterocycles. The minimum Gasteiger partial charge on any atom is -0.495 e. The second-order valence-electron chi connectivity index (χ2n) is 5.32. The second-order valence-corrected chi connectivity index (χ2v) is 6.97. The molecule has 1 aromatic rings. The summed E-state index contributed by atoms with van der Waals surface area (Å²) in [6.07, 6.45) is 0.301. The molecule has 0 aliphatic heterocycles. The molecule has 0 amide bonds. The van der Waals surface area contributed by atoms with E-state index in [2.05, 4.69) is 4.72 Å². The van der Waals surface area contributed by atoms with Gasteiger partial charge < -0.3 is 15.6 Å². The van der Waals surface area contributed by atoms with Crippen molar-refractivity contribution >= 4 is 15.7 Å². The van der Waals surface area contributed by atoms with E-state index in [4.69, 9.17) is 15.6 Å². The van der Waals surface area contributed by atoms with E-state index in [0.29, 0.717) is 12.1 Å². The fourth-order valence-corrected chi connectivity index (χ4v) is 3.42. The lowest BCUT2D eigenvalue weighted by atomic mass is 10.0. The summed E-state index contributed by atoms with van der Waals surface area (Å²) < 4.78 is 32.5. The predicted octanol–water partition coefficient (Wildman–Crippen LogP) is 1.03. The third-order valence-corrected chi connectivity index (χ3v) is 4.71. The van der Waals surface area contributed by atoms with Crippen LogP contribution in [0.15, 0.2) is 17.0 Å². The number of nitrogens with two attached hydrogens (primary N) is 1. The lowest BCUT2D eigenvalue weighted by Crippen LogP contribution is -2.44. The zero-order chi connectivity index (χ0) is 15.6. The predicted molar refractivity (Wildman–Crippen MR) is 78.2 cm³/mol. The Hall–Kier alpha value is -1.31. The number of ether oxygens (including phenoxy) is 1. The first-order valence-corrected chi connectivity index (χ1v) is 7.70. The first-order valence-electron chi connectivity index (χ1n) is 6.22. The molecule has 0 bridgehead atoms. The average molecular weight is 302 g/mol. The van der Waals surface area contributed by atoms with Crippen LogP contribution in [0.5, 0.6) is 5.75 Å². The molecule has 7 heteroatoms. The van der Waals surface area contributed by atoms with Crippen molar-refractivity contribution in [2.75, 3.05) is 19.5 Å². The number of sulfonamides is 1. The van der Waals surface area contributed by atoms with Crippen molar-refractivity contribution in [2.45, 2.75) is 37.6 Å². The quantitative estimate of drug-likeness (QED) is 0.681. The van der Waals surface area contributed by atoms with Gasteiger partial charge in [-0.1, -0.05) is 0 Å². The average Bonchev–Trinajstić information content (AvgIpc) is 2.30. The van der Waals surface area contributed by atoms with Crippen molar-refractivity contribution in [1.82, 2.24) is 4.72 Å². The van der Waals surface area contributed by atoms with Crippen LogP contribution < -0.4 is 15.2 Å². The van der Waals surface area contributed by atoms with Gasteiger partial charge >= 0.3 is 0 Å². The largest absolute Gasteiger partial charge is 0.495 e. The van der Waals surface area contributed by atoms with E-state index in [1.165, 1.54) is 13.2 Å².